The lowest BCUT2D eigenvalue weighted by Gasteiger charge is -2.15. The number of ether oxygens (including phenoxy) is 1. The number of carbonyl (C=O) groups is 1. The molecule has 0 unspecified atom stereocenters. The second kappa shape index (κ2) is 10.1. The molecule has 32 heavy (non-hydrogen) atoms. The summed E-state index contributed by atoms with van der Waals surface area (Å²) in [6, 6.07) is 22.5. The Kier molecular flexibility index (Phi) is 6.85. The number of benzene rings is 2. The Balaban J connectivity index is 1.58. The highest BCUT2D eigenvalue weighted by Crippen LogP contribution is 2.35. The summed E-state index contributed by atoms with van der Waals surface area (Å²) in [5.74, 6) is 1.15. The van der Waals surface area contributed by atoms with E-state index in [1.54, 1.807) is 30.2 Å². The third-order valence-electron chi connectivity index (χ3n) is 4.80. The first-order valence-corrected chi connectivity index (χ1v) is 10.9. The molecule has 3 aromatic rings. The topological polar surface area (TPSA) is 78.8 Å². The summed E-state index contributed by atoms with van der Waals surface area (Å²) in [5.41, 5.74) is 2.25. The van der Waals surface area contributed by atoms with Crippen molar-refractivity contribution in [3.05, 3.63) is 83.0 Å². The van der Waals surface area contributed by atoms with Gasteiger partial charge in [0.05, 0.1) is 22.2 Å². The molecule has 0 aliphatic carbocycles. The van der Waals surface area contributed by atoms with Crippen molar-refractivity contribution in [3.63, 3.8) is 0 Å². The predicted molar refractivity (Wildman–Crippen MR) is 126 cm³/mol. The molecule has 7 heteroatoms. The van der Waals surface area contributed by atoms with Gasteiger partial charge < -0.3 is 9.15 Å². The van der Waals surface area contributed by atoms with Crippen LogP contribution in [0.1, 0.15) is 17.7 Å². The highest BCUT2D eigenvalue weighted by Gasteiger charge is 2.33. The molecule has 1 aromatic heterocycles. The van der Waals surface area contributed by atoms with E-state index in [1.165, 1.54) is 11.8 Å². The van der Waals surface area contributed by atoms with Crippen molar-refractivity contribution in [2.24, 2.45) is 4.99 Å². The Morgan fingerprint density at radius 2 is 1.91 bits per heavy atom. The fourth-order valence-electron chi connectivity index (χ4n) is 3.19. The van der Waals surface area contributed by atoms with Crippen LogP contribution in [0.4, 0.5) is 5.69 Å². The first kappa shape index (κ1) is 21.6. The van der Waals surface area contributed by atoms with E-state index < -0.39 is 0 Å². The van der Waals surface area contributed by atoms with Gasteiger partial charge in [-0.15, -0.1) is 0 Å². The SMILES string of the molecule is COCCCN1C(=O)/C(=C/c2ccc(-c3ccc(C#N)cc3)o2)SC1=Nc1ccccc1. The molecule has 0 N–H and O–H groups in total. The molecular formula is C25H21N3O3S. The number of hydrogen-bond acceptors (Lipinski definition) is 6. The second-order valence-corrected chi connectivity index (χ2v) is 8.04. The Labute approximate surface area is 190 Å². The van der Waals surface area contributed by atoms with Crippen LogP contribution in [-0.4, -0.2) is 36.2 Å². The smallest absolute Gasteiger partial charge is 0.266 e. The number of para-hydroxylation sites is 1. The molecule has 0 radical (unpaired) electrons. The van der Waals surface area contributed by atoms with Gasteiger partial charge in [-0.3, -0.25) is 9.69 Å². The first-order chi connectivity index (χ1) is 15.7. The number of carbonyl (C=O) groups excluding carboxylic acids is 1. The Morgan fingerprint density at radius 3 is 2.62 bits per heavy atom. The van der Waals surface area contributed by atoms with Gasteiger partial charge in [-0.25, -0.2) is 4.99 Å². The molecule has 1 saturated heterocycles. The normalized spacial score (nSPS) is 16.1. The van der Waals surface area contributed by atoms with Gasteiger partial charge in [0.25, 0.3) is 5.91 Å². The average molecular weight is 444 g/mol. The summed E-state index contributed by atoms with van der Waals surface area (Å²) in [7, 11) is 1.65. The molecule has 1 aliphatic heterocycles. The van der Waals surface area contributed by atoms with Crippen LogP contribution in [0.3, 0.4) is 0 Å². The molecule has 0 saturated carbocycles. The number of aliphatic imine (C=N–C) groups is 1. The van der Waals surface area contributed by atoms with Crippen LogP contribution in [-0.2, 0) is 9.53 Å². The van der Waals surface area contributed by atoms with Crippen molar-refractivity contribution >= 4 is 34.6 Å². The van der Waals surface area contributed by atoms with E-state index in [-0.39, 0.29) is 5.91 Å². The maximum Gasteiger partial charge on any atom is 0.266 e. The summed E-state index contributed by atoms with van der Waals surface area (Å²) in [5, 5.41) is 9.60. The molecule has 4 rings (SSSR count). The van der Waals surface area contributed by atoms with Crippen LogP contribution in [0.5, 0.6) is 0 Å². The monoisotopic (exact) mass is 443 g/mol. The number of hydrogen-bond donors (Lipinski definition) is 0. The van der Waals surface area contributed by atoms with E-state index in [0.717, 1.165) is 11.3 Å². The van der Waals surface area contributed by atoms with Gasteiger partial charge in [-0.05, 0) is 66.7 Å². The molecule has 160 valence electrons. The summed E-state index contributed by atoms with van der Waals surface area (Å²) in [4.78, 5) is 20.0. The largest absolute Gasteiger partial charge is 0.457 e. The van der Waals surface area contributed by atoms with Crippen LogP contribution >= 0.6 is 11.8 Å². The van der Waals surface area contributed by atoms with E-state index in [9.17, 15) is 4.79 Å². The average Bonchev–Trinajstić information content (AvgIpc) is 3.40. The Hall–Kier alpha value is -3.60. The van der Waals surface area contributed by atoms with Crippen LogP contribution in [0.2, 0.25) is 0 Å². The summed E-state index contributed by atoms with van der Waals surface area (Å²) >= 11 is 1.34. The fraction of sp³-hybridized carbons (Fsp3) is 0.160. The highest BCUT2D eigenvalue weighted by molar-refractivity contribution is 8.18. The van der Waals surface area contributed by atoms with Gasteiger partial charge in [0, 0.05) is 31.9 Å². The highest BCUT2D eigenvalue weighted by atomic mass is 32.2. The fourth-order valence-corrected chi connectivity index (χ4v) is 4.20. The van der Waals surface area contributed by atoms with E-state index in [2.05, 4.69) is 11.1 Å². The van der Waals surface area contributed by atoms with Gasteiger partial charge in [-0.2, -0.15) is 5.26 Å². The maximum atomic E-state index is 13.1. The van der Waals surface area contributed by atoms with Gasteiger partial charge in [-0.1, -0.05) is 18.2 Å². The molecule has 2 heterocycles. The first-order valence-electron chi connectivity index (χ1n) is 10.1. The molecular weight excluding hydrogens is 422 g/mol. The lowest BCUT2D eigenvalue weighted by atomic mass is 10.1. The number of nitrogens with zero attached hydrogens (tertiary/aromatic N) is 3. The van der Waals surface area contributed by atoms with Gasteiger partial charge in [0.1, 0.15) is 11.5 Å². The van der Waals surface area contributed by atoms with Gasteiger partial charge in [0.2, 0.25) is 0 Å². The third-order valence-corrected chi connectivity index (χ3v) is 5.80. The van der Waals surface area contributed by atoms with Crippen LogP contribution < -0.4 is 0 Å². The zero-order valence-electron chi connectivity index (χ0n) is 17.5. The van der Waals surface area contributed by atoms with Gasteiger partial charge >= 0.3 is 0 Å². The molecule has 0 bridgehead atoms. The molecule has 0 spiro atoms. The van der Waals surface area contributed by atoms with Crippen LogP contribution in [0.25, 0.3) is 17.4 Å². The minimum Gasteiger partial charge on any atom is -0.457 e. The van der Waals surface area contributed by atoms with Crippen LogP contribution in [0, 0.1) is 11.3 Å². The number of thioether (sulfide) groups is 1. The molecule has 0 atom stereocenters. The van der Waals surface area contributed by atoms with Gasteiger partial charge in [0.15, 0.2) is 5.17 Å². The Bertz CT molecular complexity index is 1190. The quantitative estimate of drug-likeness (QED) is 0.358. The van der Waals surface area contributed by atoms with Crippen molar-refractivity contribution in [1.82, 2.24) is 4.90 Å². The van der Waals surface area contributed by atoms with Crippen LogP contribution in [0.15, 0.2) is 81.0 Å². The standard InChI is InChI=1S/C25H21N3O3S/c1-30-15-5-14-28-24(29)23(32-25(28)27-20-6-3-2-4-7-20)16-21-12-13-22(31-21)19-10-8-18(17-26)9-11-19/h2-4,6-13,16H,5,14-15H2,1H3/b23-16-,27-25?. The molecule has 1 fully saturated rings. The van der Waals surface area contributed by atoms with E-state index in [4.69, 9.17) is 14.4 Å². The summed E-state index contributed by atoms with van der Waals surface area (Å²) in [6.45, 7) is 1.09. The zero-order valence-corrected chi connectivity index (χ0v) is 18.3. The van der Waals surface area contributed by atoms with E-state index in [1.807, 2.05) is 54.6 Å². The number of methoxy groups -OCH3 is 1. The van der Waals surface area contributed by atoms with E-state index in [0.29, 0.717) is 46.7 Å². The zero-order chi connectivity index (χ0) is 22.3. The molecule has 6 nitrogen and oxygen atoms in total. The molecule has 1 amide bonds. The van der Waals surface area contributed by atoms with Crippen molar-refractivity contribution < 1.29 is 13.9 Å². The maximum absolute atomic E-state index is 13.1. The number of amides is 1. The molecule has 2 aromatic carbocycles. The minimum atomic E-state index is -0.0999. The lowest BCUT2D eigenvalue weighted by molar-refractivity contribution is -0.122. The van der Waals surface area contributed by atoms with Crippen molar-refractivity contribution in [1.29, 1.82) is 5.26 Å². The third kappa shape index (κ3) is 4.99. The van der Waals surface area contributed by atoms with Crippen molar-refractivity contribution in [2.75, 3.05) is 20.3 Å². The minimum absolute atomic E-state index is 0.0999. The summed E-state index contributed by atoms with van der Waals surface area (Å²) in [6.07, 6.45) is 2.46. The number of rotatable bonds is 7. The molecule has 1 aliphatic rings. The van der Waals surface area contributed by atoms with E-state index >= 15 is 0 Å². The predicted octanol–water partition coefficient (Wildman–Crippen LogP) is 5.46. The number of amidine groups is 1. The lowest BCUT2D eigenvalue weighted by Crippen LogP contribution is -2.30. The number of nitriles is 1. The Morgan fingerprint density at radius 1 is 1.12 bits per heavy atom. The summed E-state index contributed by atoms with van der Waals surface area (Å²) < 4.78 is 11.1. The van der Waals surface area contributed by atoms with Crippen molar-refractivity contribution in [2.45, 2.75) is 6.42 Å². The van der Waals surface area contributed by atoms with Crippen molar-refractivity contribution in [3.8, 4) is 17.4 Å². The second-order valence-electron chi connectivity index (χ2n) is 7.03. The number of furan rings is 1.